The minimum atomic E-state index is -1.38. The molecule has 0 aromatic rings. The molecule has 0 radical (unpaired) electrons. The van der Waals surface area contributed by atoms with Gasteiger partial charge in [0.1, 0.15) is 0 Å². The summed E-state index contributed by atoms with van der Waals surface area (Å²) in [4.78, 5) is 13.2. The lowest BCUT2D eigenvalue weighted by Gasteiger charge is -2.60. The highest BCUT2D eigenvalue weighted by Gasteiger charge is 2.69. The summed E-state index contributed by atoms with van der Waals surface area (Å²) in [7, 11) is 0. The van der Waals surface area contributed by atoms with Crippen LogP contribution in [0.2, 0.25) is 0 Å². The average molecular weight is 463 g/mol. The van der Waals surface area contributed by atoms with Crippen molar-refractivity contribution in [1.29, 1.82) is 0 Å². The van der Waals surface area contributed by atoms with Crippen LogP contribution in [0.4, 0.5) is 0 Å². The lowest BCUT2D eigenvalue weighted by atomic mass is 9.45. The molecule has 186 valence electrons. The predicted octanol–water partition coefficient (Wildman–Crippen LogP) is 2.66. The molecule has 0 aromatic heterocycles. The van der Waals surface area contributed by atoms with Gasteiger partial charge in [-0.1, -0.05) is 19.4 Å². The highest BCUT2D eigenvalue weighted by atomic mass is 16.3. The Morgan fingerprint density at radius 1 is 1.21 bits per heavy atom. The number of fused-ring (bicyclic) bond motifs is 5. The Bertz CT molecular complexity index is 863. The van der Waals surface area contributed by atoms with Crippen molar-refractivity contribution in [3.8, 4) is 0 Å². The van der Waals surface area contributed by atoms with Gasteiger partial charge >= 0.3 is 0 Å². The van der Waals surface area contributed by atoms with E-state index in [0.29, 0.717) is 38.5 Å². The second kappa shape index (κ2) is 7.99. The predicted molar refractivity (Wildman–Crippen MR) is 125 cm³/mol. The van der Waals surface area contributed by atoms with E-state index < -0.39 is 40.3 Å². The van der Waals surface area contributed by atoms with Crippen LogP contribution < -0.4 is 0 Å². The Hall–Kier alpha value is -1.05. The molecular formula is C27H42O6. The van der Waals surface area contributed by atoms with Gasteiger partial charge < -0.3 is 25.5 Å². The maximum absolute atomic E-state index is 13.2. The monoisotopic (exact) mass is 462 g/mol. The summed E-state index contributed by atoms with van der Waals surface area (Å²) in [6.07, 6.45) is 2.92. The molecule has 4 rings (SSSR count). The van der Waals surface area contributed by atoms with Crippen molar-refractivity contribution in [2.24, 2.45) is 28.6 Å². The number of carbonyl (C=O) groups is 1. The van der Waals surface area contributed by atoms with Crippen molar-refractivity contribution in [2.75, 3.05) is 0 Å². The zero-order valence-corrected chi connectivity index (χ0v) is 20.5. The number of ketones is 1. The molecule has 0 aromatic carbocycles. The molecule has 3 saturated carbocycles. The SMILES string of the molecule is C=C(C)CC[C@@H](O)[C@@](C)(O)[C@H]1CC[C@@]2(O)C3=CC(=O)[C@@H]4C[C@@H](O)[C@@H](O)C[C@]4(C)[C@H]3CC[C@]12C. The largest absolute Gasteiger partial charge is 0.390 e. The fourth-order valence-electron chi connectivity index (χ4n) is 8.22. The van der Waals surface area contributed by atoms with Crippen LogP contribution in [0, 0.1) is 28.6 Å². The highest BCUT2D eigenvalue weighted by Crippen LogP contribution is 2.68. The number of aliphatic hydroxyl groups excluding tert-OH is 3. The van der Waals surface area contributed by atoms with E-state index in [-0.39, 0.29) is 30.0 Å². The Kier molecular flexibility index (Phi) is 6.07. The van der Waals surface area contributed by atoms with Crippen LogP contribution in [0.5, 0.6) is 0 Å². The molecule has 5 N–H and O–H groups in total. The van der Waals surface area contributed by atoms with E-state index in [1.54, 1.807) is 13.0 Å². The normalized spacial score (nSPS) is 47.6. The van der Waals surface area contributed by atoms with Gasteiger partial charge in [0, 0.05) is 11.3 Å². The van der Waals surface area contributed by atoms with E-state index >= 15 is 0 Å². The third kappa shape index (κ3) is 3.51. The van der Waals surface area contributed by atoms with E-state index in [9.17, 15) is 30.3 Å². The van der Waals surface area contributed by atoms with Crippen molar-refractivity contribution in [1.82, 2.24) is 0 Å². The first-order valence-electron chi connectivity index (χ1n) is 12.6. The molecule has 4 aliphatic carbocycles. The van der Waals surface area contributed by atoms with Crippen LogP contribution in [0.15, 0.2) is 23.8 Å². The van der Waals surface area contributed by atoms with Gasteiger partial charge in [0.25, 0.3) is 0 Å². The molecule has 6 heteroatoms. The van der Waals surface area contributed by atoms with Crippen molar-refractivity contribution in [2.45, 2.75) is 109 Å². The molecule has 0 bridgehead atoms. The fourth-order valence-corrected chi connectivity index (χ4v) is 8.22. The average Bonchev–Trinajstić information content (AvgIpc) is 3.00. The second-order valence-corrected chi connectivity index (χ2v) is 12.3. The smallest absolute Gasteiger partial charge is 0.159 e. The first kappa shape index (κ1) is 25.1. The summed E-state index contributed by atoms with van der Waals surface area (Å²) < 4.78 is 0. The number of hydrogen-bond acceptors (Lipinski definition) is 6. The molecule has 10 atom stereocenters. The summed E-state index contributed by atoms with van der Waals surface area (Å²) in [5, 5.41) is 55.3. The Balaban J connectivity index is 1.69. The molecule has 33 heavy (non-hydrogen) atoms. The molecule has 0 saturated heterocycles. The van der Waals surface area contributed by atoms with E-state index in [2.05, 4.69) is 6.58 Å². The van der Waals surface area contributed by atoms with Crippen molar-refractivity contribution in [3.05, 3.63) is 23.8 Å². The summed E-state index contributed by atoms with van der Waals surface area (Å²) in [6, 6.07) is 0. The van der Waals surface area contributed by atoms with E-state index in [0.717, 1.165) is 17.6 Å². The first-order chi connectivity index (χ1) is 15.2. The zero-order chi connectivity index (χ0) is 24.6. The molecule has 0 aliphatic heterocycles. The van der Waals surface area contributed by atoms with Crippen LogP contribution in [0.3, 0.4) is 0 Å². The maximum atomic E-state index is 13.2. The highest BCUT2D eigenvalue weighted by molar-refractivity contribution is 5.95. The fraction of sp³-hybridized carbons (Fsp3) is 0.815. The number of rotatable bonds is 5. The van der Waals surface area contributed by atoms with Gasteiger partial charge in [0.2, 0.25) is 0 Å². The quantitative estimate of drug-likeness (QED) is 0.401. The second-order valence-electron chi connectivity index (χ2n) is 12.3. The maximum Gasteiger partial charge on any atom is 0.159 e. The molecule has 0 unspecified atom stereocenters. The topological polar surface area (TPSA) is 118 Å². The minimum Gasteiger partial charge on any atom is -0.390 e. The van der Waals surface area contributed by atoms with E-state index in [1.807, 2.05) is 20.8 Å². The number of allylic oxidation sites excluding steroid dienone is 2. The van der Waals surface area contributed by atoms with E-state index in [1.165, 1.54) is 0 Å². The number of aliphatic hydroxyl groups is 5. The van der Waals surface area contributed by atoms with Gasteiger partial charge in [-0.2, -0.15) is 0 Å². The van der Waals surface area contributed by atoms with Crippen molar-refractivity contribution < 1.29 is 30.3 Å². The molecule has 0 spiro atoms. The van der Waals surface area contributed by atoms with E-state index in [4.69, 9.17) is 0 Å². The molecule has 4 aliphatic rings. The van der Waals surface area contributed by atoms with Crippen LogP contribution in [-0.2, 0) is 4.79 Å². The summed E-state index contributed by atoms with van der Waals surface area (Å²) in [5.74, 6) is -0.820. The first-order valence-corrected chi connectivity index (χ1v) is 12.6. The molecule has 0 heterocycles. The molecule has 3 fully saturated rings. The number of hydrogen-bond donors (Lipinski definition) is 5. The third-order valence-electron chi connectivity index (χ3n) is 10.3. The lowest BCUT2D eigenvalue weighted by Crippen LogP contribution is -2.62. The van der Waals surface area contributed by atoms with Gasteiger partial charge in [-0.15, -0.1) is 6.58 Å². The Morgan fingerprint density at radius 2 is 1.88 bits per heavy atom. The molecule has 6 nitrogen and oxygen atoms in total. The van der Waals surface area contributed by atoms with Crippen LogP contribution in [0.1, 0.15) is 79.1 Å². The Morgan fingerprint density at radius 3 is 2.52 bits per heavy atom. The zero-order valence-electron chi connectivity index (χ0n) is 20.5. The summed E-state index contributed by atoms with van der Waals surface area (Å²) >= 11 is 0. The van der Waals surface area contributed by atoms with Crippen LogP contribution >= 0.6 is 0 Å². The minimum absolute atomic E-state index is 0.0579. The number of carbonyl (C=O) groups excluding carboxylic acids is 1. The summed E-state index contributed by atoms with van der Waals surface area (Å²) in [6.45, 7) is 11.5. The third-order valence-corrected chi connectivity index (χ3v) is 10.3. The van der Waals surface area contributed by atoms with Crippen LogP contribution in [0.25, 0.3) is 0 Å². The van der Waals surface area contributed by atoms with Gasteiger partial charge in [0.15, 0.2) is 5.78 Å². The standard InChI is InChI=1S/C27H42O6/c1-15(2)6-7-23(31)26(5,32)22-9-11-27(33)17-12-19(28)18-13-20(29)21(30)14-24(18,3)16(17)8-10-25(22,27)4/h12,16,18,20-23,29-33H,1,6-11,13-14H2,2-5H3/t16-,18-,20+,21-,22-,23+,24+,25+,26-,27+/m0/s1. The van der Waals surface area contributed by atoms with Crippen molar-refractivity contribution >= 4 is 5.78 Å². The lowest BCUT2D eigenvalue weighted by molar-refractivity contribution is -0.175. The summed E-state index contributed by atoms with van der Waals surface area (Å²) in [5.41, 5.74) is -2.13. The van der Waals surface area contributed by atoms with Gasteiger partial charge in [-0.3, -0.25) is 4.79 Å². The Labute approximate surface area is 197 Å². The van der Waals surface area contributed by atoms with Crippen LogP contribution in [-0.4, -0.2) is 60.8 Å². The van der Waals surface area contributed by atoms with Crippen molar-refractivity contribution in [3.63, 3.8) is 0 Å². The van der Waals surface area contributed by atoms with Gasteiger partial charge in [-0.25, -0.2) is 0 Å². The molecule has 0 amide bonds. The molecular weight excluding hydrogens is 420 g/mol. The van der Waals surface area contributed by atoms with Gasteiger partial charge in [-0.05, 0) is 94.1 Å². The van der Waals surface area contributed by atoms with Gasteiger partial charge in [0.05, 0.1) is 29.5 Å².